The number of alkyl halides is 3. The van der Waals surface area contributed by atoms with Crippen LogP contribution in [0.15, 0.2) is 60.7 Å². The molecule has 0 amide bonds. The molecule has 1 aliphatic heterocycles. The lowest BCUT2D eigenvalue weighted by atomic mass is 10.1. The van der Waals surface area contributed by atoms with Crippen LogP contribution in [0.25, 0.3) is 10.8 Å². The maximum absolute atomic E-state index is 13.2. The molecule has 6 heteroatoms. The average Bonchev–Trinajstić information content (AvgIpc) is 2.72. The molecular weight excluding hydrogens is 363 g/mol. The summed E-state index contributed by atoms with van der Waals surface area (Å²) in [6, 6.07) is 18.1. The van der Waals surface area contributed by atoms with Gasteiger partial charge >= 0.3 is 6.18 Å². The van der Waals surface area contributed by atoms with Gasteiger partial charge in [-0.05, 0) is 40.6 Å². The molecule has 3 aromatic rings. The second-order valence-corrected chi connectivity index (χ2v) is 7.00. The number of hydrogen-bond acceptors (Lipinski definition) is 3. The van der Waals surface area contributed by atoms with Crippen LogP contribution in [0, 0.1) is 0 Å². The molecule has 0 spiro atoms. The lowest BCUT2D eigenvalue weighted by Gasteiger charge is -2.31. The van der Waals surface area contributed by atoms with Crippen molar-refractivity contribution in [3.05, 3.63) is 71.8 Å². The van der Waals surface area contributed by atoms with Crippen LogP contribution < -0.4 is 15.5 Å². The van der Waals surface area contributed by atoms with Crippen molar-refractivity contribution in [3.8, 4) is 0 Å². The fourth-order valence-corrected chi connectivity index (χ4v) is 3.58. The predicted molar refractivity (Wildman–Crippen MR) is 108 cm³/mol. The Morgan fingerprint density at radius 1 is 0.893 bits per heavy atom. The smallest absolute Gasteiger partial charge is 0.379 e. The minimum Gasteiger partial charge on any atom is -0.379 e. The number of nitrogens with zero attached hydrogens (tertiary/aromatic N) is 1. The molecule has 2 N–H and O–H groups in total. The highest BCUT2D eigenvalue weighted by molar-refractivity contribution is 5.83. The summed E-state index contributed by atoms with van der Waals surface area (Å²) in [6.07, 6.45) is -4.36. The monoisotopic (exact) mass is 385 g/mol. The fraction of sp³-hybridized carbons (Fsp3) is 0.273. The van der Waals surface area contributed by atoms with E-state index in [2.05, 4.69) is 21.6 Å². The first-order chi connectivity index (χ1) is 13.5. The molecule has 28 heavy (non-hydrogen) atoms. The molecule has 0 saturated carbocycles. The van der Waals surface area contributed by atoms with Crippen LogP contribution >= 0.6 is 0 Å². The molecular formula is C22H22F3N3. The minimum atomic E-state index is -4.36. The maximum Gasteiger partial charge on any atom is 0.416 e. The third-order valence-corrected chi connectivity index (χ3v) is 5.08. The molecule has 3 nitrogen and oxygen atoms in total. The van der Waals surface area contributed by atoms with Crippen LogP contribution in [0.2, 0.25) is 0 Å². The molecule has 146 valence electrons. The highest BCUT2D eigenvalue weighted by Gasteiger charge is 2.31. The van der Waals surface area contributed by atoms with Crippen LogP contribution in [0.1, 0.15) is 11.1 Å². The zero-order chi connectivity index (χ0) is 19.6. The molecule has 1 saturated heterocycles. The normalized spacial score (nSPS) is 15.0. The van der Waals surface area contributed by atoms with Crippen molar-refractivity contribution >= 4 is 22.1 Å². The van der Waals surface area contributed by atoms with Gasteiger partial charge in [0.15, 0.2) is 0 Å². The van der Waals surface area contributed by atoms with E-state index < -0.39 is 11.7 Å². The van der Waals surface area contributed by atoms with Crippen LogP contribution in [-0.4, -0.2) is 26.2 Å². The lowest BCUT2D eigenvalue weighted by Crippen LogP contribution is -2.43. The van der Waals surface area contributed by atoms with Crippen LogP contribution in [0.4, 0.5) is 24.5 Å². The summed E-state index contributed by atoms with van der Waals surface area (Å²) in [5, 5.41) is 8.78. The topological polar surface area (TPSA) is 27.3 Å². The first-order valence-electron chi connectivity index (χ1n) is 9.39. The maximum atomic E-state index is 13.2. The van der Waals surface area contributed by atoms with E-state index in [1.165, 1.54) is 12.1 Å². The molecule has 4 rings (SSSR count). The Balaban J connectivity index is 1.61. The van der Waals surface area contributed by atoms with Gasteiger partial charge in [-0.15, -0.1) is 0 Å². The second-order valence-electron chi connectivity index (χ2n) is 7.00. The molecule has 0 aliphatic carbocycles. The number of benzene rings is 3. The Morgan fingerprint density at radius 2 is 1.64 bits per heavy atom. The third-order valence-electron chi connectivity index (χ3n) is 5.08. The fourth-order valence-electron chi connectivity index (χ4n) is 3.58. The largest absolute Gasteiger partial charge is 0.416 e. The molecule has 1 aliphatic rings. The number of fused-ring (bicyclic) bond motifs is 1. The second kappa shape index (κ2) is 7.72. The summed E-state index contributed by atoms with van der Waals surface area (Å²) in [4.78, 5) is 2.12. The molecule has 1 fully saturated rings. The van der Waals surface area contributed by atoms with E-state index in [4.69, 9.17) is 0 Å². The van der Waals surface area contributed by atoms with Crippen LogP contribution in [0.3, 0.4) is 0 Å². The van der Waals surface area contributed by atoms with E-state index in [0.29, 0.717) is 12.2 Å². The van der Waals surface area contributed by atoms with E-state index in [1.54, 1.807) is 6.07 Å². The standard InChI is InChI=1S/C22H22F3N3/c23-22(24,25)19-7-8-21(28-11-9-26-10-12-28)20(14-19)27-15-16-5-6-17-3-1-2-4-18(17)13-16/h1-8,13-14,26-27H,9-12,15H2. The molecule has 0 radical (unpaired) electrons. The highest BCUT2D eigenvalue weighted by atomic mass is 19.4. The Labute approximate surface area is 162 Å². The van der Waals surface area contributed by atoms with Gasteiger partial charge < -0.3 is 15.5 Å². The zero-order valence-corrected chi connectivity index (χ0v) is 15.4. The molecule has 0 aromatic heterocycles. The lowest BCUT2D eigenvalue weighted by molar-refractivity contribution is -0.137. The van der Waals surface area contributed by atoms with Crippen molar-refractivity contribution in [1.82, 2.24) is 5.32 Å². The molecule has 0 unspecified atom stereocenters. The number of hydrogen-bond donors (Lipinski definition) is 2. The van der Waals surface area contributed by atoms with Crippen LogP contribution in [0.5, 0.6) is 0 Å². The number of anilines is 2. The Bertz CT molecular complexity index is 963. The molecule has 0 bridgehead atoms. The summed E-state index contributed by atoms with van der Waals surface area (Å²) in [7, 11) is 0. The van der Waals surface area contributed by atoms with Crippen molar-refractivity contribution in [1.29, 1.82) is 0 Å². The van der Waals surface area contributed by atoms with E-state index in [-0.39, 0.29) is 0 Å². The van der Waals surface area contributed by atoms with Gasteiger partial charge in [-0.25, -0.2) is 0 Å². The van der Waals surface area contributed by atoms with E-state index in [9.17, 15) is 13.2 Å². The number of nitrogens with one attached hydrogen (secondary N) is 2. The first kappa shape index (κ1) is 18.6. The van der Waals surface area contributed by atoms with Crippen molar-refractivity contribution in [2.75, 3.05) is 36.4 Å². The van der Waals surface area contributed by atoms with Gasteiger partial charge in [0.05, 0.1) is 16.9 Å². The predicted octanol–water partition coefficient (Wildman–Crippen LogP) is 4.88. The summed E-state index contributed by atoms with van der Waals surface area (Å²) in [5.41, 5.74) is 1.73. The minimum absolute atomic E-state index is 0.464. The van der Waals surface area contributed by atoms with Gasteiger partial charge in [-0.1, -0.05) is 36.4 Å². The van der Waals surface area contributed by atoms with Gasteiger partial charge in [0.2, 0.25) is 0 Å². The Morgan fingerprint density at radius 3 is 2.39 bits per heavy atom. The summed E-state index contributed by atoms with van der Waals surface area (Å²) in [6.45, 7) is 3.66. The van der Waals surface area contributed by atoms with Crippen LogP contribution in [-0.2, 0) is 12.7 Å². The van der Waals surface area contributed by atoms with Crippen molar-refractivity contribution < 1.29 is 13.2 Å². The van der Waals surface area contributed by atoms with Gasteiger partial charge in [-0.3, -0.25) is 0 Å². The van der Waals surface area contributed by atoms with Gasteiger partial charge in [0.1, 0.15) is 0 Å². The van der Waals surface area contributed by atoms with Crippen molar-refractivity contribution in [2.24, 2.45) is 0 Å². The van der Waals surface area contributed by atoms with Gasteiger partial charge in [-0.2, -0.15) is 13.2 Å². The van der Waals surface area contributed by atoms with E-state index in [1.807, 2.05) is 36.4 Å². The number of piperazine rings is 1. The Hall–Kier alpha value is -2.73. The number of halogens is 3. The van der Waals surface area contributed by atoms with E-state index >= 15 is 0 Å². The first-order valence-corrected chi connectivity index (χ1v) is 9.39. The van der Waals surface area contributed by atoms with E-state index in [0.717, 1.165) is 48.2 Å². The average molecular weight is 385 g/mol. The molecule has 3 aromatic carbocycles. The van der Waals surface area contributed by atoms with Gasteiger partial charge in [0.25, 0.3) is 0 Å². The van der Waals surface area contributed by atoms with Gasteiger partial charge in [0, 0.05) is 32.7 Å². The summed E-state index contributed by atoms with van der Waals surface area (Å²) < 4.78 is 39.7. The third kappa shape index (κ3) is 4.07. The summed E-state index contributed by atoms with van der Waals surface area (Å²) >= 11 is 0. The number of rotatable bonds is 4. The molecule has 1 heterocycles. The van der Waals surface area contributed by atoms with Crippen molar-refractivity contribution in [2.45, 2.75) is 12.7 Å². The molecule has 0 atom stereocenters. The highest BCUT2D eigenvalue weighted by Crippen LogP contribution is 2.36. The Kier molecular flexibility index (Phi) is 5.13. The quantitative estimate of drug-likeness (QED) is 0.670. The summed E-state index contributed by atoms with van der Waals surface area (Å²) in [5.74, 6) is 0. The zero-order valence-electron chi connectivity index (χ0n) is 15.4. The SMILES string of the molecule is FC(F)(F)c1ccc(N2CCNCC2)c(NCc2ccc3ccccc3c2)c1. The van der Waals surface area contributed by atoms with Crippen molar-refractivity contribution in [3.63, 3.8) is 0 Å².